The van der Waals surface area contributed by atoms with Crippen LogP contribution in [0, 0.1) is 0 Å². The number of aryl methyl sites for hydroxylation is 1. The summed E-state index contributed by atoms with van der Waals surface area (Å²) in [5.41, 5.74) is 0.486. The maximum atomic E-state index is 12.9. The summed E-state index contributed by atoms with van der Waals surface area (Å²) in [4.78, 5) is 10.9. The molecule has 3 aromatic rings. The van der Waals surface area contributed by atoms with Crippen molar-refractivity contribution in [1.29, 1.82) is 0 Å². The zero-order chi connectivity index (χ0) is 19.7. The van der Waals surface area contributed by atoms with E-state index in [2.05, 4.69) is 22.2 Å². The van der Waals surface area contributed by atoms with Crippen LogP contribution in [0.5, 0.6) is 0 Å². The van der Waals surface area contributed by atoms with Crippen LogP contribution in [0.4, 0.5) is 11.5 Å². The van der Waals surface area contributed by atoms with Crippen molar-refractivity contribution in [2.24, 2.45) is 0 Å². The Morgan fingerprint density at radius 3 is 2.79 bits per heavy atom. The van der Waals surface area contributed by atoms with E-state index in [9.17, 15) is 8.42 Å². The van der Waals surface area contributed by atoms with Crippen molar-refractivity contribution in [2.75, 3.05) is 31.6 Å². The molecule has 0 radical (unpaired) electrons. The lowest BCUT2D eigenvalue weighted by molar-refractivity contribution is 0.0730. The number of hydrogen-bond acceptors (Lipinski definition) is 7. The molecule has 7 nitrogen and oxygen atoms in total. The highest BCUT2D eigenvalue weighted by Gasteiger charge is 2.27. The van der Waals surface area contributed by atoms with Crippen LogP contribution < -0.4 is 5.32 Å². The summed E-state index contributed by atoms with van der Waals surface area (Å²) in [6.45, 7) is 3.56. The second kappa shape index (κ2) is 7.92. The first-order valence-electron chi connectivity index (χ1n) is 8.87. The van der Waals surface area contributed by atoms with Crippen LogP contribution in [-0.2, 0) is 21.2 Å². The molecule has 1 aromatic carbocycles. The van der Waals surface area contributed by atoms with Gasteiger partial charge in [-0.05, 0) is 30.7 Å². The third kappa shape index (κ3) is 3.72. The summed E-state index contributed by atoms with van der Waals surface area (Å²) in [6, 6.07) is 6.70. The summed E-state index contributed by atoms with van der Waals surface area (Å²) in [6.07, 6.45) is 2.40. The van der Waals surface area contributed by atoms with E-state index in [-0.39, 0.29) is 4.90 Å². The van der Waals surface area contributed by atoms with Crippen LogP contribution in [0.25, 0.3) is 10.2 Å². The molecule has 0 saturated carbocycles. The van der Waals surface area contributed by atoms with Gasteiger partial charge in [-0.3, -0.25) is 0 Å². The van der Waals surface area contributed by atoms with Gasteiger partial charge in [0.2, 0.25) is 10.0 Å². The standard InChI is InChI=1S/C18H19ClN4O3S2/c1-2-12-9-14-17(20-11-21-18(14)27-12)22-16-10-13(3-4-15(16)19)28(24,25)23-5-7-26-8-6-23/h3-4,9-11H,2,5-8H2,1H3,(H,20,21,22). The smallest absolute Gasteiger partial charge is 0.243 e. The van der Waals surface area contributed by atoms with E-state index >= 15 is 0 Å². The van der Waals surface area contributed by atoms with Crippen LogP contribution in [0.3, 0.4) is 0 Å². The maximum absolute atomic E-state index is 12.9. The molecule has 0 atom stereocenters. The first-order chi connectivity index (χ1) is 13.5. The normalized spacial score (nSPS) is 15.8. The van der Waals surface area contributed by atoms with Gasteiger partial charge < -0.3 is 10.1 Å². The third-order valence-corrected chi connectivity index (χ3v) is 7.94. The number of halogens is 1. The highest BCUT2D eigenvalue weighted by atomic mass is 35.5. The van der Waals surface area contributed by atoms with E-state index in [1.54, 1.807) is 23.5 Å². The van der Waals surface area contributed by atoms with Gasteiger partial charge in [-0.1, -0.05) is 18.5 Å². The summed E-state index contributed by atoms with van der Waals surface area (Å²) < 4.78 is 32.5. The molecule has 1 N–H and O–H groups in total. The number of sulfonamides is 1. The Bertz CT molecular complexity index is 1110. The number of rotatable bonds is 5. The quantitative estimate of drug-likeness (QED) is 0.654. The molecule has 0 amide bonds. The number of anilines is 2. The van der Waals surface area contributed by atoms with E-state index in [1.165, 1.54) is 21.6 Å². The Labute approximate surface area is 172 Å². The van der Waals surface area contributed by atoms with Gasteiger partial charge in [0, 0.05) is 18.0 Å². The number of aromatic nitrogens is 2. The van der Waals surface area contributed by atoms with Crippen LogP contribution in [0.2, 0.25) is 5.02 Å². The average Bonchev–Trinajstić information content (AvgIpc) is 3.14. The van der Waals surface area contributed by atoms with E-state index in [0.29, 0.717) is 42.8 Å². The van der Waals surface area contributed by atoms with Gasteiger partial charge in [-0.25, -0.2) is 18.4 Å². The molecule has 1 fully saturated rings. The molecule has 1 saturated heterocycles. The topological polar surface area (TPSA) is 84.4 Å². The molecule has 28 heavy (non-hydrogen) atoms. The van der Waals surface area contributed by atoms with E-state index in [4.69, 9.17) is 16.3 Å². The number of ether oxygens (including phenoxy) is 1. The highest BCUT2D eigenvalue weighted by molar-refractivity contribution is 7.89. The molecular formula is C18H19ClN4O3S2. The lowest BCUT2D eigenvalue weighted by atomic mass is 10.3. The first-order valence-corrected chi connectivity index (χ1v) is 11.5. The van der Waals surface area contributed by atoms with Gasteiger partial charge in [0.1, 0.15) is 17.0 Å². The maximum Gasteiger partial charge on any atom is 0.243 e. The number of nitrogens with one attached hydrogen (secondary N) is 1. The molecule has 2 aromatic heterocycles. The fraction of sp³-hybridized carbons (Fsp3) is 0.333. The Kier molecular flexibility index (Phi) is 5.52. The fourth-order valence-corrected chi connectivity index (χ4v) is 5.54. The number of fused-ring (bicyclic) bond motifs is 1. The molecule has 1 aliphatic heterocycles. The summed E-state index contributed by atoms with van der Waals surface area (Å²) >= 11 is 7.95. The van der Waals surface area contributed by atoms with Crippen LogP contribution in [-0.4, -0.2) is 49.0 Å². The number of thiophene rings is 1. The van der Waals surface area contributed by atoms with E-state index in [1.807, 2.05) is 6.07 Å². The number of benzene rings is 1. The number of hydrogen-bond donors (Lipinski definition) is 1. The van der Waals surface area contributed by atoms with Gasteiger partial charge >= 0.3 is 0 Å². The molecule has 1 aliphatic rings. The second-order valence-corrected chi connectivity index (χ2v) is 9.75. The van der Waals surface area contributed by atoms with E-state index < -0.39 is 10.0 Å². The van der Waals surface area contributed by atoms with Gasteiger partial charge in [0.25, 0.3) is 0 Å². The van der Waals surface area contributed by atoms with Crippen LogP contribution >= 0.6 is 22.9 Å². The van der Waals surface area contributed by atoms with Gasteiger partial charge in [-0.2, -0.15) is 4.31 Å². The average molecular weight is 439 g/mol. The van der Waals surface area contributed by atoms with Crippen LogP contribution in [0.15, 0.2) is 35.5 Å². The molecule has 0 unspecified atom stereocenters. The second-order valence-electron chi connectivity index (χ2n) is 6.29. The van der Waals surface area contributed by atoms with Crippen molar-refractivity contribution in [3.8, 4) is 0 Å². The van der Waals surface area contributed by atoms with Crippen molar-refractivity contribution in [3.05, 3.63) is 40.5 Å². The van der Waals surface area contributed by atoms with E-state index in [0.717, 1.165) is 16.6 Å². The van der Waals surface area contributed by atoms with Gasteiger partial charge in [-0.15, -0.1) is 11.3 Å². The number of nitrogens with zero attached hydrogens (tertiary/aromatic N) is 3. The molecule has 0 spiro atoms. The van der Waals surface area contributed by atoms with Gasteiger partial charge in [0.15, 0.2) is 0 Å². The summed E-state index contributed by atoms with van der Waals surface area (Å²) in [5, 5.41) is 4.49. The van der Waals surface area contributed by atoms with Crippen molar-refractivity contribution in [2.45, 2.75) is 18.2 Å². The predicted octanol–water partition coefficient (Wildman–Crippen LogP) is 3.67. The Hall–Kier alpha value is -1.78. The monoisotopic (exact) mass is 438 g/mol. The molecule has 148 valence electrons. The SMILES string of the molecule is CCc1cc2c(Nc3cc(S(=O)(=O)N4CCOCC4)ccc3Cl)ncnc2s1. The molecule has 0 aliphatic carbocycles. The van der Waals surface area contributed by atoms with Crippen molar-refractivity contribution in [3.63, 3.8) is 0 Å². The molecule has 3 heterocycles. The summed E-state index contributed by atoms with van der Waals surface area (Å²) in [7, 11) is -3.61. The zero-order valence-corrected chi connectivity index (χ0v) is 17.6. The Morgan fingerprint density at radius 1 is 1.25 bits per heavy atom. The summed E-state index contributed by atoms with van der Waals surface area (Å²) in [5.74, 6) is 0.601. The fourth-order valence-electron chi connectivity index (χ4n) is 3.00. The zero-order valence-electron chi connectivity index (χ0n) is 15.2. The molecule has 4 rings (SSSR count). The lowest BCUT2D eigenvalue weighted by Crippen LogP contribution is -2.40. The Morgan fingerprint density at radius 2 is 2.04 bits per heavy atom. The van der Waals surface area contributed by atoms with Crippen molar-refractivity contribution in [1.82, 2.24) is 14.3 Å². The minimum absolute atomic E-state index is 0.186. The minimum atomic E-state index is -3.61. The molecule has 10 heteroatoms. The molecular weight excluding hydrogens is 420 g/mol. The van der Waals surface area contributed by atoms with Crippen molar-refractivity contribution < 1.29 is 13.2 Å². The predicted molar refractivity (Wildman–Crippen MR) is 111 cm³/mol. The van der Waals surface area contributed by atoms with Gasteiger partial charge in [0.05, 0.1) is 34.2 Å². The third-order valence-electron chi connectivity index (χ3n) is 4.53. The largest absolute Gasteiger partial charge is 0.379 e. The molecule has 0 bridgehead atoms. The van der Waals surface area contributed by atoms with Crippen LogP contribution in [0.1, 0.15) is 11.8 Å². The van der Waals surface area contributed by atoms with Crippen molar-refractivity contribution >= 4 is 54.7 Å². The highest BCUT2D eigenvalue weighted by Crippen LogP contribution is 2.33. The lowest BCUT2D eigenvalue weighted by Gasteiger charge is -2.26. The Balaban J connectivity index is 1.69. The first kappa shape index (κ1) is 19.5. The number of morpholine rings is 1. The minimum Gasteiger partial charge on any atom is -0.379 e.